The second-order valence-electron chi connectivity index (χ2n) is 4.13. The van der Waals surface area contributed by atoms with Gasteiger partial charge in [0, 0.05) is 0 Å². The molecule has 1 aromatic heterocycles. The number of carbonyl (C=O) groups excluding carboxylic acids is 1. The fraction of sp³-hybridized carbons (Fsp3) is 0.0714. The molecule has 0 saturated carbocycles. The van der Waals surface area contributed by atoms with Gasteiger partial charge in [-0.3, -0.25) is 4.79 Å². The Morgan fingerprint density at radius 1 is 1.10 bits per heavy atom. The lowest BCUT2D eigenvalue weighted by Crippen LogP contribution is -2.34. The first-order chi connectivity index (χ1) is 9.99. The zero-order chi connectivity index (χ0) is 15.4. The van der Waals surface area contributed by atoms with Crippen molar-refractivity contribution in [2.45, 2.75) is 6.04 Å². The van der Waals surface area contributed by atoms with Gasteiger partial charge in [-0.05, 0) is 17.7 Å². The van der Waals surface area contributed by atoms with Crippen molar-refractivity contribution in [3.05, 3.63) is 63.9 Å². The van der Waals surface area contributed by atoms with Crippen molar-refractivity contribution in [3.63, 3.8) is 0 Å². The van der Waals surface area contributed by atoms with Crippen LogP contribution in [-0.2, 0) is 4.79 Å². The first kappa shape index (κ1) is 15.3. The van der Waals surface area contributed by atoms with E-state index in [4.69, 9.17) is 23.2 Å². The normalized spacial score (nSPS) is 11.7. The van der Waals surface area contributed by atoms with Gasteiger partial charge in [-0.2, -0.15) is 0 Å². The van der Waals surface area contributed by atoms with E-state index in [9.17, 15) is 14.7 Å². The molecule has 0 fully saturated rings. The van der Waals surface area contributed by atoms with Gasteiger partial charge in [0.25, 0.3) is 5.91 Å². The summed E-state index contributed by atoms with van der Waals surface area (Å²) in [6.45, 7) is 0. The third kappa shape index (κ3) is 3.71. The van der Waals surface area contributed by atoms with E-state index in [1.807, 2.05) is 0 Å². The van der Waals surface area contributed by atoms with Crippen molar-refractivity contribution in [1.82, 2.24) is 10.3 Å². The van der Waals surface area contributed by atoms with Crippen LogP contribution in [0.2, 0.25) is 10.3 Å². The Kier molecular flexibility index (Phi) is 4.77. The molecule has 0 saturated heterocycles. The number of carboxylic acids is 1. The lowest BCUT2D eigenvalue weighted by molar-refractivity contribution is -0.139. The molecule has 0 aliphatic carbocycles. The molecular formula is C14H10Cl2N2O3. The van der Waals surface area contributed by atoms with Crippen LogP contribution in [-0.4, -0.2) is 22.0 Å². The van der Waals surface area contributed by atoms with E-state index in [1.54, 1.807) is 30.3 Å². The highest BCUT2D eigenvalue weighted by Crippen LogP contribution is 2.19. The lowest BCUT2D eigenvalue weighted by Gasteiger charge is -2.15. The molecule has 0 bridgehead atoms. The number of pyridine rings is 1. The average Bonchev–Trinajstić information content (AvgIpc) is 2.45. The van der Waals surface area contributed by atoms with Gasteiger partial charge in [0.05, 0.1) is 5.56 Å². The minimum absolute atomic E-state index is 0.0586. The number of amides is 1. The van der Waals surface area contributed by atoms with Gasteiger partial charge >= 0.3 is 5.97 Å². The molecule has 21 heavy (non-hydrogen) atoms. The highest BCUT2D eigenvalue weighted by molar-refractivity contribution is 6.34. The van der Waals surface area contributed by atoms with Crippen LogP contribution in [0.1, 0.15) is 22.0 Å². The number of benzene rings is 1. The number of carboxylic acid groups (broad SMARTS) is 1. The van der Waals surface area contributed by atoms with Crippen LogP contribution in [0.15, 0.2) is 42.5 Å². The molecule has 1 heterocycles. The van der Waals surface area contributed by atoms with Crippen LogP contribution in [0.25, 0.3) is 0 Å². The third-order valence-corrected chi connectivity index (χ3v) is 3.21. The molecule has 2 aromatic rings. The summed E-state index contributed by atoms with van der Waals surface area (Å²) >= 11 is 11.5. The maximum atomic E-state index is 12.1. The summed E-state index contributed by atoms with van der Waals surface area (Å²) in [5.41, 5.74) is 0.514. The molecule has 7 heteroatoms. The van der Waals surface area contributed by atoms with Crippen LogP contribution in [0.3, 0.4) is 0 Å². The molecule has 0 unspecified atom stereocenters. The zero-order valence-corrected chi connectivity index (χ0v) is 12.1. The quantitative estimate of drug-likeness (QED) is 0.847. The molecule has 5 nitrogen and oxygen atoms in total. The van der Waals surface area contributed by atoms with E-state index in [0.29, 0.717) is 5.56 Å². The number of aliphatic carboxylic acids is 1. The minimum atomic E-state index is -1.18. The van der Waals surface area contributed by atoms with Gasteiger partial charge < -0.3 is 10.4 Å². The van der Waals surface area contributed by atoms with Crippen molar-refractivity contribution in [2.24, 2.45) is 0 Å². The zero-order valence-electron chi connectivity index (χ0n) is 10.6. The summed E-state index contributed by atoms with van der Waals surface area (Å²) in [7, 11) is 0. The summed E-state index contributed by atoms with van der Waals surface area (Å²) < 4.78 is 0. The van der Waals surface area contributed by atoms with Crippen LogP contribution >= 0.6 is 23.2 Å². The number of rotatable bonds is 4. The van der Waals surface area contributed by atoms with Gasteiger partial charge in [0.1, 0.15) is 10.3 Å². The average molecular weight is 325 g/mol. The maximum absolute atomic E-state index is 12.1. The van der Waals surface area contributed by atoms with Crippen molar-refractivity contribution in [1.29, 1.82) is 0 Å². The van der Waals surface area contributed by atoms with Crippen molar-refractivity contribution in [2.75, 3.05) is 0 Å². The summed E-state index contributed by atoms with van der Waals surface area (Å²) in [6, 6.07) is 9.97. The highest BCUT2D eigenvalue weighted by Gasteiger charge is 2.23. The number of hydrogen-bond acceptors (Lipinski definition) is 3. The van der Waals surface area contributed by atoms with E-state index >= 15 is 0 Å². The number of carbonyl (C=O) groups is 2. The van der Waals surface area contributed by atoms with Crippen LogP contribution in [0, 0.1) is 0 Å². The van der Waals surface area contributed by atoms with E-state index in [1.165, 1.54) is 12.1 Å². The van der Waals surface area contributed by atoms with Crippen LogP contribution in [0.5, 0.6) is 0 Å². The van der Waals surface area contributed by atoms with Gasteiger partial charge in [-0.25, -0.2) is 9.78 Å². The topological polar surface area (TPSA) is 79.3 Å². The van der Waals surface area contributed by atoms with Crippen LogP contribution in [0.4, 0.5) is 0 Å². The number of halogens is 2. The summed E-state index contributed by atoms with van der Waals surface area (Å²) in [5.74, 6) is -1.81. The Morgan fingerprint density at radius 3 is 2.33 bits per heavy atom. The summed E-state index contributed by atoms with van der Waals surface area (Å²) in [6.07, 6.45) is 0. The fourth-order valence-electron chi connectivity index (χ4n) is 1.72. The van der Waals surface area contributed by atoms with E-state index in [0.717, 1.165) is 0 Å². The molecule has 0 aliphatic rings. The molecule has 2 rings (SSSR count). The number of nitrogens with one attached hydrogen (secondary N) is 1. The molecular weight excluding hydrogens is 315 g/mol. The van der Waals surface area contributed by atoms with Crippen molar-refractivity contribution >= 4 is 35.1 Å². The van der Waals surface area contributed by atoms with Crippen molar-refractivity contribution in [3.8, 4) is 0 Å². The third-order valence-electron chi connectivity index (χ3n) is 2.71. The second-order valence-corrected chi connectivity index (χ2v) is 4.87. The molecule has 1 aromatic carbocycles. The van der Waals surface area contributed by atoms with Gasteiger partial charge in [0.15, 0.2) is 6.04 Å². The Bertz CT molecular complexity index is 677. The molecule has 1 atom stereocenters. The molecule has 0 aliphatic heterocycles. The van der Waals surface area contributed by atoms with E-state index in [2.05, 4.69) is 10.3 Å². The van der Waals surface area contributed by atoms with Gasteiger partial charge in [-0.1, -0.05) is 53.5 Å². The molecule has 0 radical (unpaired) electrons. The smallest absolute Gasteiger partial charge is 0.330 e. The maximum Gasteiger partial charge on any atom is 0.330 e. The molecule has 0 spiro atoms. The largest absolute Gasteiger partial charge is 0.479 e. The number of hydrogen-bond donors (Lipinski definition) is 2. The number of aromatic nitrogens is 1. The molecule has 2 N–H and O–H groups in total. The second kappa shape index (κ2) is 6.56. The predicted octanol–water partition coefficient (Wildman–Crippen LogP) is 2.94. The van der Waals surface area contributed by atoms with Gasteiger partial charge in [0.2, 0.25) is 0 Å². The number of nitrogens with zero attached hydrogens (tertiary/aromatic N) is 1. The Balaban J connectivity index is 2.25. The van der Waals surface area contributed by atoms with Crippen molar-refractivity contribution < 1.29 is 14.7 Å². The Labute approximate surface area is 130 Å². The first-order valence-electron chi connectivity index (χ1n) is 5.89. The summed E-state index contributed by atoms with van der Waals surface area (Å²) in [5, 5.41) is 11.7. The molecule has 108 valence electrons. The highest BCUT2D eigenvalue weighted by atomic mass is 35.5. The van der Waals surface area contributed by atoms with Crippen LogP contribution < -0.4 is 5.32 Å². The standard InChI is InChI=1S/C14H10Cl2N2O3/c15-10-7-6-9(12(16)17-10)13(19)18-11(14(20)21)8-4-2-1-3-5-8/h1-7,11H,(H,18,19)(H,20,21)/t11-/m0/s1. The van der Waals surface area contributed by atoms with E-state index in [-0.39, 0.29) is 15.9 Å². The summed E-state index contributed by atoms with van der Waals surface area (Å²) in [4.78, 5) is 27.2. The lowest BCUT2D eigenvalue weighted by atomic mass is 10.1. The SMILES string of the molecule is O=C(N[C@H](C(=O)O)c1ccccc1)c1ccc(Cl)nc1Cl. The monoisotopic (exact) mass is 324 g/mol. The van der Waals surface area contributed by atoms with E-state index < -0.39 is 17.9 Å². The minimum Gasteiger partial charge on any atom is -0.479 e. The Morgan fingerprint density at radius 2 is 1.76 bits per heavy atom. The first-order valence-corrected chi connectivity index (χ1v) is 6.65. The Hall–Kier alpha value is -2.11. The van der Waals surface area contributed by atoms with Gasteiger partial charge in [-0.15, -0.1) is 0 Å². The molecule has 1 amide bonds. The predicted molar refractivity (Wildman–Crippen MR) is 78.5 cm³/mol. The fourth-order valence-corrected chi connectivity index (χ4v) is 2.15.